The second kappa shape index (κ2) is 5.11. The van der Waals surface area contributed by atoms with Gasteiger partial charge in [0.05, 0.1) is 0 Å². The van der Waals surface area contributed by atoms with Gasteiger partial charge in [-0.1, -0.05) is 0 Å². The Balaban J connectivity index is 2.19. The minimum atomic E-state index is -0.488. The molecule has 4 nitrogen and oxygen atoms in total. The average Bonchev–Trinajstić information content (AvgIpc) is 2.31. The lowest BCUT2D eigenvalue weighted by Crippen LogP contribution is -2.27. The number of ether oxygens (including phenoxy) is 1. The summed E-state index contributed by atoms with van der Waals surface area (Å²) in [5, 5.41) is 2.84. The van der Waals surface area contributed by atoms with Gasteiger partial charge in [-0.15, -0.1) is 0 Å². The van der Waals surface area contributed by atoms with Crippen molar-refractivity contribution in [2.45, 2.75) is 52.1 Å². The Morgan fingerprint density at radius 2 is 1.84 bits per heavy atom. The summed E-state index contributed by atoms with van der Waals surface area (Å²) >= 11 is 0. The van der Waals surface area contributed by atoms with Gasteiger partial charge in [0.1, 0.15) is 5.60 Å². The van der Waals surface area contributed by atoms with Crippen LogP contribution in [-0.4, -0.2) is 11.7 Å². The van der Waals surface area contributed by atoms with Crippen LogP contribution in [0.25, 0.3) is 0 Å². The van der Waals surface area contributed by atoms with Crippen molar-refractivity contribution in [1.82, 2.24) is 0 Å². The normalized spacial score (nSPS) is 14.7. The number of rotatable bonds is 1. The van der Waals surface area contributed by atoms with Crippen LogP contribution in [0.3, 0.4) is 0 Å². The van der Waals surface area contributed by atoms with Gasteiger partial charge in [-0.2, -0.15) is 0 Å². The molecule has 0 heterocycles. The first kappa shape index (κ1) is 13.7. The molecule has 4 heteroatoms. The summed E-state index contributed by atoms with van der Waals surface area (Å²) in [4.78, 5) is 11.8. The summed E-state index contributed by atoms with van der Waals surface area (Å²) in [6.45, 7) is 5.56. The zero-order chi connectivity index (χ0) is 14.0. The molecule has 1 amide bonds. The van der Waals surface area contributed by atoms with Crippen LogP contribution >= 0.6 is 0 Å². The Bertz CT molecular complexity index is 490. The van der Waals surface area contributed by atoms with Gasteiger partial charge in [0, 0.05) is 11.4 Å². The zero-order valence-corrected chi connectivity index (χ0v) is 11.9. The molecule has 0 saturated carbocycles. The average molecular weight is 262 g/mol. The topological polar surface area (TPSA) is 64.3 Å². The molecule has 19 heavy (non-hydrogen) atoms. The first-order valence-corrected chi connectivity index (χ1v) is 6.77. The van der Waals surface area contributed by atoms with Crippen molar-refractivity contribution in [3.63, 3.8) is 0 Å². The predicted molar refractivity (Wildman–Crippen MR) is 77.4 cm³/mol. The van der Waals surface area contributed by atoms with Gasteiger partial charge in [-0.25, -0.2) is 4.79 Å². The monoisotopic (exact) mass is 262 g/mol. The van der Waals surface area contributed by atoms with Crippen molar-refractivity contribution >= 4 is 17.5 Å². The van der Waals surface area contributed by atoms with Gasteiger partial charge in [0.25, 0.3) is 0 Å². The number of fused-ring (bicyclic) bond motifs is 1. The van der Waals surface area contributed by atoms with Gasteiger partial charge in [0.15, 0.2) is 0 Å². The maximum absolute atomic E-state index is 11.8. The fourth-order valence-electron chi connectivity index (χ4n) is 2.43. The number of nitrogen functional groups attached to an aromatic ring is 1. The third-order valence-electron chi connectivity index (χ3n) is 3.21. The summed E-state index contributed by atoms with van der Waals surface area (Å²) in [6, 6.07) is 3.72. The number of amides is 1. The second-order valence-electron chi connectivity index (χ2n) is 5.99. The summed E-state index contributed by atoms with van der Waals surface area (Å²) in [7, 11) is 0. The number of benzene rings is 1. The Morgan fingerprint density at radius 1 is 1.21 bits per heavy atom. The smallest absolute Gasteiger partial charge is 0.412 e. The Labute approximate surface area is 114 Å². The molecule has 1 aromatic rings. The Kier molecular flexibility index (Phi) is 3.69. The molecule has 0 aromatic heterocycles. The number of nitrogens with one attached hydrogen (secondary N) is 1. The fraction of sp³-hybridized carbons (Fsp3) is 0.533. The summed E-state index contributed by atoms with van der Waals surface area (Å²) in [6.07, 6.45) is 3.84. The Morgan fingerprint density at radius 3 is 2.47 bits per heavy atom. The fourth-order valence-corrected chi connectivity index (χ4v) is 2.43. The largest absolute Gasteiger partial charge is 0.444 e. The molecule has 0 bridgehead atoms. The molecule has 0 fully saturated rings. The first-order chi connectivity index (χ1) is 8.87. The van der Waals surface area contributed by atoms with Crippen LogP contribution in [0, 0.1) is 0 Å². The van der Waals surface area contributed by atoms with Gasteiger partial charge >= 0.3 is 6.09 Å². The number of hydrogen-bond donors (Lipinski definition) is 2. The molecule has 2 rings (SSSR count). The number of anilines is 2. The van der Waals surface area contributed by atoms with E-state index in [4.69, 9.17) is 10.5 Å². The minimum absolute atomic E-state index is 0.412. The van der Waals surface area contributed by atoms with Gasteiger partial charge in [-0.3, -0.25) is 5.32 Å². The van der Waals surface area contributed by atoms with Crippen molar-refractivity contribution in [3.8, 4) is 0 Å². The van der Waals surface area contributed by atoms with Gasteiger partial charge in [0.2, 0.25) is 0 Å². The molecule has 1 aromatic carbocycles. The number of nitrogens with two attached hydrogens (primary N) is 1. The first-order valence-electron chi connectivity index (χ1n) is 6.77. The van der Waals surface area contributed by atoms with Crippen LogP contribution in [0.5, 0.6) is 0 Å². The van der Waals surface area contributed by atoms with E-state index in [0.717, 1.165) is 42.6 Å². The van der Waals surface area contributed by atoms with Crippen LogP contribution in [0.15, 0.2) is 12.1 Å². The molecule has 104 valence electrons. The third kappa shape index (κ3) is 3.40. The standard InChI is InChI=1S/C15H22N2O2/c1-15(2,3)19-14(18)17-13-9-8-12(16)10-6-4-5-7-11(10)13/h8-9H,4-7,16H2,1-3H3,(H,17,18). The molecule has 0 unspecified atom stereocenters. The van der Waals surface area contributed by atoms with Crippen molar-refractivity contribution < 1.29 is 9.53 Å². The highest BCUT2D eigenvalue weighted by Crippen LogP contribution is 2.32. The van der Waals surface area contributed by atoms with Crippen LogP contribution in [-0.2, 0) is 17.6 Å². The van der Waals surface area contributed by atoms with E-state index in [0.29, 0.717) is 0 Å². The zero-order valence-electron chi connectivity index (χ0n) is 11.9. The van der Waals surface area contributed by atoms with Crippen molar-refractivity contribution in [1.29, 1.82) is 0 Å². The summed E-state index contributed by atoms with van der Waals surface area (Å²) in [5.74, 6) is 0. The lowest BCUT2D eigenvalue weighted by atomic mass is 9.89. The van der Waals surface area contributed by atoms with Gasteiger partial charge in [-0.05, 0) is 69.7 Å². The molecule has 0 saturated heterocycles. The lowest BCUT2D eigenvalue weighted by molar-refractivity contribution is 0.0636. The van der Waals surface area contributed by atoms with E-state index in [1.54, 1.807) is 0 Å². The molecule has 1 aliphatic rings. The van der Waals surface area contributed by atoms with Crippen molar-refractivity contribution in [2.24, 2.45) is 0 Å². The molecule has 1 aliphatic carbocycles. The molecular formula is C15H22N2O2. The van der Waals surface area contributed by atoms with Crippen LogP contribution < -0.4 is 11.1 Å². The summed E-state index contributed by atoms with van der Waals surface area (Å²) in [5.41, 5.74) is 9.51. The third-order valence-corrected chi connectivity index (χ3v) is 3.21. The predicted octanol–water partition coefficient (Wildman–Crippen LogP) is 3.49. The number of hydrogen-bond acceptors (Lipinski definition) is 3. The maximum Gasteiger partial charge on any atom is 0.412 e. The quantitative estimate of drug-likeness (QED) is 0.761. The molecule has 0 aliphatic heterocycles. The van der Waals surface area contributed by atoms with Crippen LogP contribution in [0.4, 0.5) is 16.2 Å². The van der Waals surface area contributed by atoms with E-state index in [9.17, 15) is 4.79 Å². The molecule has 0 atom stereocenters. The highest BCUT2D eigenvalue weighted by Gasteiger charge is 2.20. The minimum Gasteiger partial charge on any atom is -0.444 e. The number of carbonyl (C=O) groups excluding carboxylic acids is 1. The van der Waals surface area contributed by atoms with E-state index in [1.165, 1.54) is 5.56 Å². The van der Waals surface area contributed by atoms with Gasteiger partial charge < -0.3 is 10.5 Å². The van der Waals surface area contributed by atoms with Crippen LogP contribution in [0.1, 0.15) is 44.7 Å². The lowest BCUT2D eigenvalue weighted by Gasteiger charge is -2.23. The SMILES string of the molecule is CC(C)(C)OC(=O)Nc1ccc(N)c2c1CCCC2. The molecule has 0 radical (unpaired) electrons. The van der Waals surface area contributed by atoms with E-state index >= 15 is 0 Å². The second-order valence-corrected chi connectivity index (χ2v) is 5.99. The maximum atomic E-state index is 11.8. The highest BCUT2D eigenvalue weighted by atomic mass is 16.6. The van der Waals surface area contributed by atoms with Crippen molar-refractivity contribution in [3.05, 3.63) is 23.3 Å². The number of carbonyl (C=O) groups is 1. The summed E-state index contributed by atoms with van der Waals surface area (Å²) < 4.78 is 5.28. The molecule has 0 spiro atoms. The van der Waals surface area contributed by atoms with E-state index in [-0.39, 0.29) is 0 Å². The van der Waals surface area contributed by atoms with E-state index in [2.05, 4.69) is 5.32 Å². The molecular weight excluding hydrogens is 240 g/mol. The van der Waals surface area contributed by atoms with Crippen molar-refractivity contribution in [2.75, 3.05) is 11.1 Å². The van der Waals surface area contributed by atoms with E-state index in [1.807, 2.05) is 32.9 Å². The van der Waals surface area contributed by atoms with Crippen LogP contribution in [0.2, 0.25) is 0 Å². The Hall–Kier alpha value is -1.71. The molecule has 3 N–H and O–H groups in total. The van der Waals surface area contributed by atoms with E-state index < -0.39 is 11.7 Å². The highest BCUT2D eigenvalue weighted by molar-refractivity contribution is 5.87.